The van der Waals surface area contributed by atoms with Gasteiger partial charge in [-0.3, -0.25) is 20.2 Å². The Balaban J connectivity index is 0.000000117. The van der Waals surface area contributed by atoms with Crippen molar-refractivity contribution in [3.05, 3.63) is 254 Å². The number of ether oxygens (including phenoxy) is 3. The summed E-state index contributed by atoms with van der Waals surface area (Å²) in [7, 11) is 2.15. The lowest BCUT2D eigenvalue weighted by molar-refractivity contribution is 0.122. The van der Waals surface area contributed by atoms with Crippen LogP contribution in [0.4, 0.5) is 11.4 Å². The fourth-order valence-corrected chi connectivity index (χ4v) is 14.4. The molecule has 1 aliphatic carbocycles. The molecular formula is C88H85N15O7. The largest absolute Gasteiger partial charge is 0.508 e. The lowest BCUT2D eigenvalue weighted by atomic mass is 9.85. The molecule has 0 radical (unpaired) electrons. The van der Waals surface area contributed by atoms with E-state index in [1.165, 1.54) is 28.5 Å². The molecule has 5 atom stereocenters. The van der Waals surface area contributed by atoms with Gasteiger partial charge in [-0.05, 0) is 206 Å². The number of anilines is 2. The molecule has 554 valence electrons. The number of morpholine rings is 1. The quantitative estimate of drug-likeness (QED) is 0.0443. The number of piperazine rings is 1. The Morgan fingerprint density at radius 1 is 0.582 bits per heavy atom. The molecule has 11 heterocycles. The maximum atomic E-state index is 9.65. The van der Waals surface area contributed by atoms with Gasteiger partial charge in [-0.25, -0.2) is 9.97 Å². The Morgan fingerprint density at radius 3 is 1.95 bits per heavy atom. The lowest BCUT2D eigenvalue weighted by Gasteiger charge is -2.35. The second-order valence-corrected chi connectivity index (χ2v) is 27.7. The number of aliphatic hydroxyl groups is 1. The number of aromatic nitrogens is 8. The molecule has 6 aromatic carbocycles. The van der Waals surface area contributed by atoms with E-state index >= 15 is 0 Å². The zero-order chi connectivity index (χ0) is 75.8. The molecule has 0 amide bonds. The number of H-pyrrole nitrogens is 2. The Morgan fingerprint density at radius 2 is 1.24 bits per heavy atom. The summed E-state index contributed by atoms with van der Waals surface area (Å²) >= 11 is 0. The summed E-state index contributed by atoms with van der Waals surface area (Å²) in [5.74, 6) is 2.51. The number of phenolic OH excluding ortho intramolecular Hbond substituents is 3. The molecule has 2 fully saturated rings. The molecule has 8 N–H and O–H groups in total. The van der Waals surface area contributed by atoms with Gasteiger partial charge < -0.3 is 60.2 Å². The van der Waals surface area contributed by atoms with E-state index in [1.54, 1.807) is 42.5 Å². The van der Waals surface area contributed by atoms with Crippen LogP contribution in [0.2, 0.25) is 0 Å². The van der Waals surface area contributed by atoms with Crippen LogP contribution in [0, 0.1) is 13.8 Å². The molecule has 110 heavy (non-hydrogen) atoms. The number of nitrogens with one attached hydrogen (secondary N) is 4. The second kappa shape index (κ2) is 32.6. The summed E-state index contributed by atoms with van der Waals surface area (Å²) in [5.41, 5.74) is 30.0. The van der Waals surface area contributed by atoms with Crippen LogP contribution in [-0.2, 0) is 4.74 Å². The van der Waals surface area contributed by atoms with Gasteiger partial charge in [-0.15, -0.1) is 13.2 Å². The van der Waals surface area contributed by atoms with Crippen LogP contribution >= 0.6 is 0 Å². The number of nitrogens with zero attached hydrogens (tertiary/aromatic N) is 11. The number of aromatic hydroxyl groups is 3. The lowest BCUT2D eigenvalue weighted by Crippen LogP contribution is -2.44. The molecule has 2 saturated heterocycles. The first kappa shape index (κ1) is 72.5. The van der Waals surface area contributed by atoms with Crippen molar-refractivity contribution in [3.63, 3.8) is 0 Å². The van der Waals surface area contributed by atoms with Crippen molar-refractivity contribution in [2.45, 2.75) is 50.3 Å². The van der Waals surface area contributed by atoms with Gasteiger partial charge in [0.25, 0.3) is 0 Å². The van der Waals surface area contributed by atoms with Gasteiger partial charge in [-0.1, -0.05) is 55.1 Å². The Labute approximate surface area is 637 Å². The van der Waals surface area contributed by atoms with Crippen molar-refractivity contribution in [1.82, 2.24) is 56.1 Å². The zero-order valence-corrected chi connectivity index (χ0v) is 61.4. The van der Waals surface area contributed by atoms with Crippen LogP contribution < -0.4 is 30.1 Å². The van der Waals surface area contributed by atoms with Crippen LogP contribution in [0.1, 0.15) is 57.6 Å². The highest BCUT2D eigenvalue weighted by Gasteiger charge is 2.34. The van der Waals surface area contributed by atoms with E-state index in [4.69, 9.17) is 24.2 Å². The Kier molecular flexibility index (Phi) is 21.5. The third kappa shape index (κ3) is 15.7. The molecule has 0 bridgehead atoms. The van der Waals surface area contributed by atoms with Gasteiger partial charge in [-0.2, -0.15) is 20.4 Å². The third-order valence-corrected chi connectivity index (χ3v) is 20.7. The van der Waals surface area contributed by atoms with Crippen molar-refractivity contribution in [3.8, 4) is 95.9 Å². The normalized spacial score (nSPS) is 17.6. The highest BCUT2D eigenvalue weighted by atomic mass is 16.7. The van der Waals surface area contributed by atoms with Crippen molar-refractivity contribution < 1.29 is 34.6 Å². The molecule has 22 heteroatoms. The number of aromatic amines is 2. The number of phenols is 3. The number of rotatable bonds is 15. The molecule has 0 saturated carbocycles. The summed E-state index contributed by atoms with van der Waals surface area (Å²) in [6, 6.07) is 46.6. The standard InChI is InChI=1S/C24H27N3O.C23H15N3O3.C21H23N5O.C20H20N4O2/c1-5-20(28)9-7-8-19-13-21(18-11-10-16(3)17(4)12-18)22(14-25-19)23-15-26-27-24(23)6-2;27-15-4-1-13(2-5-15)20-10-16(14-3-8-21-22(9-14)29-12-28-21)23-17-11-24-26-18(17)6-7-19(23)25-20;1-3-19-17(14-23-24-19)18-13-22-20(15-4-6-16(27)7-5-15)12-21(18)26-10-8-25(2)9-11-26;25-14-3-1-13(2-4-14)18-11-19(24-7-9-26-10-8-24)20-15-12-21-23-16(15)5-6-17(20)22-18/h5-8,10-15,20,23-24,27-28H,1-2,9H2,3-4H3;1-11,27H,12H2,(H,24,26);3-7,12-14,27H,1,8-11H2,2H3,(H,23,24);1-6,11-12,15-16,23,25H,7-10H2/b8-7+;;;. The number of hydrogen-bond acceptors (Lipinski definition) is 20. The van der Waals surface area contributed by atoms with Gasteiger partial charge >= 0.3 is 0 Å². The monoisotopic (exact) mass is 1460 g/mol. The Bertz CT molecular complexity index is 5490. The summed E-state index contributed by atoms with van der Waals surface area (Å²) in [6.07, 6.45) is 24.7. The number of pyridine rings is 4. The van der Waals surface area contributed by atoms with Crippen molar-refractivity contribution in [2.75, 3.05) is 76.1 Å². The van der Waals surface area contributed by atoms with Gasteiger partial charge in [0.2, 0.25) is 6.79 Å². The second-order valence-electron chi connectivity index (χ2n) is 27.7. The first-order valence-corrected chi connectivity index (χ1v) is 36.7. The molecule has 18 rings (SSSR count). The van der Waals surface area contributed by atoms with Crippen LogP contribution in [0.5, 0.6) is 28.7 Å². The van der Waals surface area contributed by atoms with Crippen molar-refractivity contribution in [1.29, 1.82) is 0 Å². The minimum absolute atomic E-state index is 0.0521. The number of hydrazone groups is 2. The van der Waals surface area contributed by atoms with Crippen molar-refractivity contribution in [2.24, 2.45) is 10.2 Å². The summed E-state index contributed by atoms with van der Waals surface area (Å²) in [4.78, 5) is 26.2. The van der Waals surface area contributed by atoms with E-state index < -0.39 is 6.10 Å². The molecular weight excluding hydrogens is 1380 g/mol. The third-order valence-electron chi connectivity index (χ3n) is 20.7. The van der Waals surface area contributed by atoms with E-state index in [9.17, 15) is 20.4 Å². The summed E-state index contributed by atoms with van der Waals surface area (Å²) in [6.45, 7) is 23.1. The van der Waals surface area contributed by atoms with Gasteiger partial charge in [0.15, 0.2) is 11.5 Å². The van der Waals surface area contributed by atoms with Crippen LogP contribution in [0.15, 0.2) is 225 Å². The van der Waals surface area contributed by atoms with Gasteiger partial charge in [0.05, 0.1) is 94.9 Å². The number of aliphatic hydroxyl groups excluding tert-OH is 1. The van der Waals surface area contributed by atoms with Crippen molar-refractivity contribution >= 4 is 63.8 Å². The Hall–Kier alpha value is -13.0. The highest BCUT2D eigenvalue weighted by molar-refractivity contribution is 6.13. The molecule has 0 spiro atoms. The molecule has 5 aliphatic heterocycles. The number of fused-ring (bicyclic) bond motifs is 7. The average Bonchev–Trinajstić information content (AvgIpc) is 1.46. The van der Waals surface area contributed by atoms with E-state index in [2.05, 4.69) is 161 Å². The minimum atomic E-state index is -0.538. The first-order valence-electron chi connectivity index (χ1n) is 36.7. The SMILES string of the molecule is C=CC(O)C/C=C/c1cc(-c2ccc(C)c(C)c2)c(C2C=NNC2C=C)cn1.C=Cc1[nH]ncc1-c1cnc(-c2ccc(O)cc2)cc1N1CCN(C)CC1.Oc1ccc(-c2cc(-c3ccc4c(c3)OCO4)c3c(ccc4[nH]ncc43)n2)cc1.Oc1ccc(-c2cc(N3CCOCC3)c3c(n2)C=CC2NN=CC32)cc1. The molecule has 5 unspecified atom stereocenters. The summed E-state index contributed by atoms with van der Waals surface area (Å²) in [5, 5.41) is 63.4. The van der Waals surface area contributed by atoms with Gasteiger partial charge in [0, 0.05) is 126 Å². The predicted molar refractivity (Wildman–Crippen MR) is 438 cm³/mol. The smallest absolute Gasteiger partial charge is 0.231 e. The highest BCUT2D eigenvalue weighted by Crippen LogP contribution is 2.44. The van der Waals surface area contributed by atoms with E-state index in [0.29, 0.717) is 6.42 Å². The molecule has 12 aromatic rings. The zero-order valence-electron chi connectivity index (χ0n) is 61.4. The number of benzene rings is 6. The van der Waals surface area contributed by atoms with E-state index in [-0.39, 0.29) is 48.0 Å². The number of aryl methyl sites for hydroxylation is 2. The van der Waals surface area contributed by atoms with Crippen LogP contribution in [0.3, 0.4) is 0 Å². The predicted octanol–water partition coefficient (Wildman–Crippen LogP) is 15.0. The average molecular weight is 1460 g/mol. The molecule has 6 aromatic heterocycles. The molecule has 22 nitrogen and oxygen atoms in total. The minimum Gasteiger partial charge on any atom is -0.508 e. The maximum Gasteiger partial charge on any atom is 0.231 e. The fraction of sp³-hybridized carbons (Fsp3) is 0.205. The van der Waals surface area contributed by atoms with E-state index in [0.717, 1.165) is 181 Å². The van der Waals surface area contributed by atoms with E-state index in [1.807, 2.05) is 122 Å². The van der Waals surface area contributed by atoms with Crippen LogP contribution in [0.25, 0.3) is 107 Å². The fourth-order valence-electron chi connectivity index (χ4n) is 14.4. The first-order chi connectivity index (χ1) is 53.7. The number of hydrogen-bond donors (Lipinski definition) is 8. The maximum absolute atomic E-state index is 9.65. The number of likely N-dealkylation sites (N-methyl/N-ethyl adjacent to an activating group) is 1. The van der Waals surface area contributed by atoms with Gasteiger partial charge in [0.1, 0.15) is 17.2 Å². The molecule has 6 aliphatic rings. The topological polar surface area (TPSA) is 276 Å². The summed E-state index contributed by atoms with van der Waals surface area (Å²) < 4.78 is 16.6. The van der Waals surface area contributed by atoms with Crippen LogP contribution in [-0.4, -0.2) is 163 Å².